The van der Waals surface area contributed by atoms with E-state index < -0.39 is 63.1 Å². The van der Waals surface area contributed by atoms with Crippen molar-refractivity contribution in [1.82, 2.24) is 0 Å². The number of phosphoric ester groups is 1. The lowest BCUT2D eigenvalue weighted by Gasteiger charge is -2.41. The van der Waals surface area contributed by atoms with E-state index in [1.54, 1.807) is 0 Å². The third kappa shape index (κ3) is 35.2. The zero-order valence-electron chi connectivity index (χ0n) is 41.8. The molecule has 1 aliphatic carbocycles. The number of esters is 1. The molecular formula is C52H103O12P. The van der Waals surface area contributed by atoms with Gasteiger partial charge in [-0.05, 0) is 12.8 Å². The first-order valence-corrected chi connectivity index (χ1v) is 28.9. The summed E-state index contributed by atoms with van der Waals surface area (Å²) in [6.45, 7) is 4.31. The lowest BCUT2D eigenvalue weighted by molar-refractivity contribution is -0.220. The second kappa shape index (κ2) is 43.4. The molecule has 0 aromatic heterocycles. The standard InChI is InChI=1S/C52H103O12P/c1-3-5-7-9-11-13-15-17-18-19-20-21-22-23-24-25-26-27-28-29-30-31-33-35-37-39-41-46(53)63-45(43-61-42-40-38-36-34-32-16-14-12-10-8-6-4-2)44-62-65(59,60)64-52-50(57)48(55)47(54)49(56)51(52)58/h45,47-52,54-58H,3-44H2,1-2H3,(H,59,60)/t45-,47?,48-,49?,50?,51?,52?/m1/s1. The Kier molecular flexibility index (Phi) is 41.6. The molecule has 0 saturated heterocycles. The van der Waals surface area contributed by atoms with Gasteiger partial charge < -0.3 is 39.9 Å². The Morgan fingerprint density at radius 3 is 1.06 bits per heavy atom. The monoisotopic (exact) mass is 951 g/mol. The summed E-state index contributed by atoms with van der Waals surface area (Å²) in [5.41, 5.74) is 0. The van der Waals surface area contributed by atoms with Crippen LogP contribution in [0.2, 0.25) is 0 Å². The largest absolute Gasteiger partial charge is 0.472 e. The minimum Gasteiger partial charge on any atom is -0.457 e. The van der Waals surface area contributed by atoms with E-state index in [9.17, 15) is 39.8 Å². The normalized spacial score (nSPS) is 21.4. The molecule has 0 aromatic carbocycles. The smallest absolute Gasteiger partial charge is 0.457 e. The van der Waals surface area contributed by atoms with Crippen LogP contribution in [0.1, 0.15) is 264 Å². The maximum atomic E-state index is 12.8. The van der Waals surface area contributed by atoms with Gasteiger partial charge in [-0.3, -0.25) is 13.8 Å². The summed E-state index contributed by atoms with van der Waals surface area (Å²) in [5.74, 6) is -0.469. The van der Waals surface area contributed by atoms with E-state index in [0.717, 1.165) is 38.5 Å². The molecule has 0 aliphatic heterocycles. The Morgan fingerprint density at radius 2 is 0.723 bits per heavy atom. The lowest BCUT2D eigenvalue weighted by Crippen LogP contribution is -2.64. The quantitative estimate of drug-likeness (QED) is 0.0192. The molecule has 0 radical (unpaired) electrons. The molecule has 0 amide bonds. The molecule has 6 unspecified atom stereocenters. The van der Waals surface area contributed by atoms with Crippen molar-refractivity contribution in [2.24, 2.45) is 0 Å². The highest BCUT2D eigenvalue weighted by molar-refractivity contribution is 7.47. The van der Waals surface area contributed by atoms with Gasteiger partial charge in [-0.1, -0.05) is 245 Å². The molecule has 12 nitrogen and oxygen atoms in total. The first kappa shape index (κ1) is 62.4. The van der Waals surface area contributed by atoms with Gasteiger partial charge >= 0.3 is 13.8 Å². The molecule has 8 atom stereocenters. The Hall–Kier alpha value is -0.660. The van der Waals surface area contributed by atoms with Crippen molar-refractivity contribution in [2.75, 3.05) is 19.8 Å². The zero-order valence-corrected chi connectivity index (χ0v) is 42.7. The van der Waals surface area contributed by atoms with Gasteiger partial charge in [0.25, 0.3) is 0 Å². The van der Waals surface area contributed by atoms with E-state index in [-0.39, 0.29) is 13.0 Å². The number of phosphoric acid groups is 1. The van der Waals surface area contributed by atoms with Crippen molar-refractivity contribution in [3.8, 4) is 0 Å². The van der Waals surface area contributed by atoms with Gasteiger partial charge in [0.15, 0.2) is 0 Å². The average molecular weight is 951 g/mol. The second-order valence-electron chi connectivity index (χ2n) is 19.5. The minimum absolute atomic E-state index is 0.0679. The van der Waals surface area contributed by atoms with Gasteiger partial charge in [-0.15, -0.1) is 0 Å². The van der Waals surface area contributed by atoms with Gasteiger partial charge in [0, 0.05) is 13.0 Å². The second-order valence-corrected chi connectivity index (χ2v) is 20.9. The number of hydrogen-bond acceptors (Lipinski definition) is 11. The summed E-state index contributed by atoms with van der Waals surface area (Å²) in [6, 6.07) is 0. The van der Waals surface area contributed by atoms with Gasteiger partial charge in [0.1, 0.15) is 42.7 Å². The number of ether oxygens (including phenoxy) is 2. The number of carbonyl (C=O) groups excluding carboxylic acids is 1. The highest BCUT2D eigenvalue weighted by atomic mass is 31.2. The molecule has 0 spiro atoms. The van der Waals surface area contributed by atoms with Crippen LogP contribution in [0.5, 0.6) is 0 Å². The summed E-state index contributed by atoms with van der Waals surface area (Å²) < 4.78 is 34.3. The van der Waals surface area contributed by atoms with E-state index in [1.807, 2.05) is 0 Å². The highest BCUT2D eigenvalue weighted by Gasteiger charge is 2.51. The minimum atomic E-state index is -5.01. The molecule has 1 aliphatic rings. The van der Waals surface area contributed by atoms with Crippen LogP contribution in [-0.2, 0) is 27.9 Å². The van der Waals surface area contributed by atoms with Crippen molar-refractivity contribution >= 4 is 13.8 Å². The molecule has 0 bridgehead atoms. The lowest BCUT2D eigenvalue weighted by atomic mass is 9.85. The highest BCUT2D eigenvalue weighted by Crippen LogP contribution is 2.47. The first-order valence-electron chi connectivity index (χ1n) is 27.4. The van der Waals surface area contributed by atoms with Gasteiger partial charge in [0.05, 0.1) is 13.2 Å². The maximum absolute atomic E-state index is 12.8. The molecule has 0 heterocycles. The van der Waals surface area contributed by atoms with Crippen molar-refractivity contribution in [3.05, 3.63) is 0 Å². The summed E-state index contributed by atoms with van der Waals surface area (Å²) >= 11 is 0. The van der Waals surface area contributed by atoms with Crippen molar-refractivity contribution < 1.29 is 58.3 Å². The Balaban J connectivity index is 2.22. The number of aliphatic hydroxyl groups is 5. The summed E-state index contributed by atoms with van der Waals surface area (Å²) in [5, 5.41) is 50.3. The predicted octanol–water partition coefficient (Wildman–Crippen LogP) is 12.5. The summed E-state index contributed by atoms with van der Waals surface area (Å²) in [4.78, 5) is 23.2. The van der Waals surface area contributed by atoms with E-state index in [2.05, 4.69) is 13.8 Å². The van der Waals surface area contributed by atoms with Gasteiger partial charge in [-0.25, -0.2) is 4.57 Å². The molecule has 1 saturated carbocycles. The van der Waals surface area contributed by atoms with Gasteiger partial charge in [-0.2, -0.15) is 0 Å². The summed E-state index contributed by atoms with van der Waals surface area (Å²) in [7, 11) is -5.01. The van der Waals surface area contributed by atoms with Crippen LogP contribution < -0.4 is 0 Å². The fourth-order valence-corrected chi connectivity index (χ4v) is 9.86. The van der Waals surface area contributed by atoms with Crippen LogP contribution >= 0.6 is 7.82 Å². The van der Waals surface area contributed by atoms with Crippen molar-refractivity contribution in [3.63, 3.8) is 0 Å². The third-order valence-electron chi connectivity index (χ3n) is 13.2. The Bertz CT molecular complexity index is 1080. The topological polar surface area (TPSA) is 192 Å². The first-order chi connectivity index (χ1) is 31.5. The maximum Gasteiger partial charge on any atom is 0.472 e. The SMILES string of the molecule is CCCCCCCCCCCCCCCCCCCCCCCCCCCCC(=O)O[C@H](COCCCCCCCCCCCCCC)COP(=O)(O)OC1C(O)C(O)C(O)[C@@H](O)C1O. The average Bonchev–Trinajstić information content (AvgIpc) is 3.29. The molecule has 65 heavy (non-hydrogen) atoms. The molecule has 1 rings (SSSR count). The number of aliphatic hydroxyl groups excluding tert-OH is 5. The summed E-state index contributed by atoms with van der Waals surface area (Å²) in [6.07, 6.45) is 36.2. The van der Waals surface area contributed by atoms with Crippen LogP contribution in [-0.4, -0.2) is 98.9 Å². The molecule has 388 valence electrons. The third-order valence-corrected chi connectivity index (χ3v) is 14.2. The fourth-order valence-electron chi connectivity index (χ4n) is 8.89. The fraction of sp³-hybridized carbons (Fsp3) is 0.981. The van der Waals surface area contributed by atoms with Crippen LogP contribution in [0.3, 0.4) is 0 Å². The molecule has 1 fully saturated rings. The van der Waals surface area contributed by atoms with Crippen molar-refractivity contribution in [1.29, 1.82) is 0 Å². The van der Waals surface area contributed by atoms with Crippen LogP contribution in [0, 0.1) is 0 Å². The number of carbonyl (C=O) groups is 1. The Labute approximate surface area is 397 Å². The van der Waals surface area contributed by atoms with Crippen LogP contribution in [0.25, 0.3) is 0 Å². The number of unbranched alkanes of at least 4 members (excludes halogenated alkanes) is 36. The number of rotatable bonds is 48. The van der Waals surface area contributed by atoms with Crippen LogP contribution in [0.15, 0.2) is 0 Å². The van der Waals surface area contributed by atoms with E-state index in [4.69, 9.17) is 18.5 Å². The van der Waals surface area contributed by atoms with E-state index >= 15 is 0 Å². The molecule has 6 N–H and O–H groups in total. The predicted molar refractivity (Wildman–Crippen MR) is 263 cm³/mol. The van der Waals surface area contributed by atoms with E-state index in [1.165, 1.54) is 199 Å². The molecular weight excluding hydrogens is 848 g/mol. The van der Waals surface area contributed by atoms with Crippen LogP contribution in [0.4, 0.5) is 0 Å². The van der Waals surface area contributed by atoms with Crippen molar-refractivity contribution in [2.45, 2.75) is 307 Å². The van der Waals surface area contributed by atoms with E-state index in [0.29, 0.717) is 13.0 Å². The Morgan fingerprint density at radius 1 is 0.431 bits per heavy atom. The molecule has 0 aromatic rings. The zero-order chi connectivity index (χ0) is 47.6. The van der Waals surface area contributed by atoms with Gasteiger partial charge in [0.2, 0.25) is 0 Å². The number of hydrogen-bond donors (Lipinski definition) is 6. The molecule has 13 heteroatoms.